The molecular formula is C10H14ClIN2O2S. The van der Waals surface area contributed by atoms with Crippen LogP contribution in [0.1, 0.15) is 10.4 Å². The van der Waals surface area contributed by atoms with E-state index in [4.69, 9.17) is 10.5 Å². The second-order valence-corrected chi connectivity index (χ2v) is 6.42. The quantitative estimate of drug-likeness (QED) is 0.783. The van der Waals surface area contributed by atoms with Crippen molar-refractivity contribution in [3.05, 3.63) is 19.9 Å². The summed E-state index contributed by atoms with van der Waals surface area (Å²) in [6.07, 6.45) is -0.0181. The Balaban J connectivity index is 0.00000144. The average molecular weight is 389 g/mol. The van der Waals surface area contributed by atoms with E-state index in [0.29, 0.717) is 26.2 Å². The lowest BCUT2D eigenvalue weighted by Gasteiger charge is -2.32. The van der Waals surface area contributed by atoms with Crippen LogP contribution in [-0.4, -0.2) is 43.2 Å². The minimum atomic E-state index is -0.0181. The fraction of sp³-hybridized carbons (Fsp3) is 0.500. The van der Waals surface area contributed by atoms with Gasteiger partial charge in [-0.2, -0.15) is 0 Å². The Morgan fingerprint density at radius 1 is 1.71 bits per heavy atom. The van der Waals surface area contributed by atoms with Crippen LogP contribution in [0.5, 0.6) is 0 Å². The number of nitrogens with two attached hydrogens (primary N) is 1. The number of thiophene rings is 1. The molecule has 2 heterocycles. The van der Waals surface area contributed by atoms with Crippen molar-refractivity contribution in [3.8, 4) is 0 Å². The maximum absolute atomic E-state index is 12.1. The van der Waals surface area contributed by atoms with E-state index in [1.54, 1.807) is 11.3 Å². The maximum Gasteiger partial charge on any atom is 0.254 e. The van der Waals surface area contributed by atoms with Gasteiger partial charge < -0.3 is 15.4 Å². The number of nitrogens with zero attached hydrogens (tertiary/aromatic N) is 1. The minimum Gasteiger partial charge on any atom is -0.373 e. The van der Waals surface area contributed by atoms with Crippen molar-refractivity contribution in [2.45, 2.75) is 6.10 Å². The van der Waals surface area contributed by atoms with Crippen LogP contribution in [0.3, 0.4) is 0 Å². The van der Waals surface area contributed by atoms with Gasteiger partial charge in [-0.05, 0) is 28.7 Å². The van der Waals surface area contributed by atoms with Crippen molar-refractivity contribution in [1.82, 2.24) is 4.90 Å². The molecule has 1 aromatic heterocycles. The molecule has 1 saturated heterocycles. The molecule has 7 heteroatoms. The van der Waals surface area contributed by atoms with E-state index in [1.807, 2.05) is 16.3 Å². The summed E-state index contributed by atoms with van der Waals surface area (Å²) in [6, 6.07) is 1.92. The highest BCUT2D eigenvalue weighted by molar-refractivity contribution is 14.1. The Labute approximate surface area is 124 Å². The van der Waals surface area contributed by atoms with Crippen molar-refractivity contribution in [3.63, 3.8) is 0 Å². The van der Waals surface area contributed by atoms with Gasteiger partial charge in [-0.15, -0.1) is 23.7 Å². The highest BCUT2D eigenvalue weighted by atomic mass is 127. The summed E-state index contributed by atoms with van der Waals surface area (Å²) in [4.78, 5) is 13.9. The Morgan fingerprint density at radius 3 is 3.06 bits per heavy atom. The lowest BCUT2D eigenvalue weighted by molar-refractivity contribution is -0.0167. The molecule has 0 radical (unpaired) electrons. The molecule has 1 aliphatic heterocycles. The third kappa shape index (κ3) is 3.78. The molecule has 1 amide bonds. The van der Waals surface area contributed by atoms with Crippen molar-refractivity contribution < 1.29 is 9.53 Å². The lowest BCUT2D eigenvalue weighted by Crippen LogP contribution is -2.48. The third-order valence-electron chi connectivity index (χ3n) is 2.50. The summed E-state index contributed by atoms with van der Waals surface area (Å²) < 4.78 is 6.56. The molecule has 4 nitrogen and oxygen atoms in total. The molecule has 0 aliphatic carbocycles. The molecule has 2 rings (SSSR count). The molecule has 0 saturated carbocycles. The van der Waals surface area contributed by atoms with Gasteiger partial charge in [0.1, 0.15) is 0 Å². The number of halogens is 2. The van der Waals surface area contributed by atoms with Gasteiger partial charge in [0.15, 0.2) is 0 Å². The number of carbonyl (C=O) groups is 1. The van der Waals surface area contributed by atoms with E-state index in [-0.39, 0.29) is 24.4 Å². The molecule has 0 bridgehead atoms. The Kier molecular flexibility index (Phi) is 6.14. The van der Waals surface area contributed by atoms with Gasteiger partial charge in [-0.1, -0.05) is 0 Å². The molecule has 17 heavy (non-hydrogen) atoms. The van der Waals surface area contributed by atoms with E-state index in [2.05, 4.69) is 22.6 Å². The van der Waals surface area contributed by atoms with Crippen LogP contribution >= 0.6 is 46.3 Å². The molecule has 0 spiro atoms. The molecule has 1 fully saturated rings. The van der Waals surface area contributed by atoms with Gasteiger partial charge in [0.2, 0.25) is 0 Å². The van der Waals surface area contributed by atoms with Crippen LogP contribution < -0.4 is 5.73 Å². The largest absolute Gasteiger partial charge is 0.373 e. The third-order valence-corrected chi connectivity index (χ3v) is 4.29. The minimum absolute atomic E-state index is 0. The Hall–Kier alpha value is 0.110. The molecule has 96 valence electrons. The zero-order chi connectivity index (χ0) is 11.5. The second kappa shape index (κ2) is 6.89. The maximum atomic E-state index is 12.1. The normalized spacial score (nSPS) is 19.9. The number of rotatable bonds is 2. The summed E-state index contributed by atoms with van der Waals surface area (Å²) in [6.45, 7) is 2.29. The summed E-state index contributed by atoms with van der Waals surface area (Å²) in [7, 11) is 0. The first-order valence-electron chi connectivity index (χ1n) is 5.05. The number of carbonyl (C=O) groups excluding carboxylic acids is 1. The van der Waals surface area contributed by atoms with E-state index in [1.165, 1.54) is 0 Å². The van der Waals surface area contributed by atoms with Crippen molar-refractivity contribution in [1.29, 1.82) is 0 Å². The van der Waals surface area contributed by atoms with Crippen LogP contribution in [0.25, 0.3) is 0 Å². The first kappa shape index (κ1) is 15.2. The molecule has 2 N–H and O–H groups in total. The van der Waals surface area contributed by atoms with Gasteiger partial charge in [0.05, 0.1) is 21.2 Å². The van der Waals surface area contributed by atoms with E-state index in [9.17, 15) is 4.79 Å². The topological polar surface area (TPSA) is 55.6 Å². The summed E-state index contributed by atoms with van der Waals surface area (Å²) in [5.74, 6) is 0.0842. The van der Waals surface area contributed by atoms with Crippen molar-refractivity contribution >= 4 is 52.2 Å². The zero-order valence-corrected chi connectivity index (χ0v) is 12.9. The van der Waals surface area contributed by atoms with Crippen LogP contribution in [0, 0.1) is 2.88 Å². The number of hydrogen-bond acceptors (Lipinski definition) is 4. The van der Waals surface area contributed by atoms with E-state index < -0.39 is 0 Å². The SMILES string of the molecule is Cl.NCC1CN(C(=O)c2csc(I)c2)CCO1. The summed E-state index contributed by atoms with van der Waals surface area (Å²) in [5, 5.41) is 1.90. The zero-order valence-electron chi connectivity index (χ0n) is 9.10. The average Bonchev–Trinajstić information content (AvgIpc) is 2.75. The Bertz CT molecular complexity index is 388. The molecule has 1 atom stereocenters. The van der Waals surface area contributed by atoms with E-state index >= 15 is 0 Å². The van der Waals surface area contributed by atoms with Gasteiger partial charge in [-0.25, -0.2) is 0 Å². The highest BCUT2D eigenvalue weighted by Gasteiger charge is 2.24. The first-order valence-corrected chi connectivity index (χ1v) is 7.01. The molecule has 0 aromatic carbocycles. The highest BCUT2D eigenvalue weighted by Crippen LogP contribution is 2.19. The fourth-order valence-corrected chi connectivity index (χ4v) is 2.97. The number of morpholine rings is 1. The van der Waals surface area contributed by atoms with Crippen LogP contribution in [0.4, 0.5) is 0 Å². The van der Waals surface area contributed by atoms with Gasteiger partial charge >= 0.3 is 0 Å². The Morgan fingerprint density at radius 2 is 2.47 bits per heavy atom. The van der Waals surface area contributed by atoms with Crippen LogP contribution in [0.2, 0.25) is 0 Å². The predicted octanol–water partition coefficient (Wildman–Crippen LogP) is 1.57. The first-order chi connectivity index (χ1) is 7.70. The molecular weight excluding hydrogens is 375 g/mol. The van der Waals surface area contributed by atoms with Crippen LogP contribution in [0.15, 0.2) is 11.4 Å². The standard InChI is InChI=1S/C10H13IN2O2S.ClH/c11-9-3-7(6-16-9)10(14)13-1-2-15-8(4-12)5-13;/h3,6,8H,1-2,4-5,12H2;1H. The van der Waals surface area contributed by atoms with Crippen molar-refractivity contribution in [2.75, 3.05) is 26.2 Å². The van der Waals surface area contributed by atoms with Gasteiger partial charge in [0, 0.05) is 25.0 Å². The molecule has 1 unspecified atom stereocenters. The molecule has 1 aromatic rings. The smallest absolute Gasteiger partial charge is 0.254 e. The number of ether oxygens (including phenoxy) is 1. The second-order valence-electron chi connectivity index (χ2n) is 3.62. The lowest BCUT2D eigenvalue weighted by atomic mass is 10.2. The van der Waals surface area contributed by atoms with E-state index in [0.717, 1.165) is 8.45 Å². The summed E-state index contributed by atoms with van der Waals surface area (Å²) in [5.41, 5.74) is 6.32. The summed E-state index contributed by atoms with van der Waals surface area (Å²) >= 11 is 3.81. The number of amides is 1. The predicted molar refractivity (Wildman–Crippen MR) is 79.0 cm³/mol. The fourth-order valence-electron chi connectivity index (χ4n) is 1.65. The molecule has 1 aliphatic rings. The monoisotopic (exact) mass is 388 g/mol. The van der Waals surface area contributed by atoms with Gasteiger partial charge in [0.25, 0.3) is 5.91 Å². The van der Waals surface area contributed by atoms with Crippen LogP contribution in [-0.2, 0) is 4.74 Å². The van der Waals surface area contributed by atoms with Crippen molar-refractivity contribution in [2.24, 2.45) is 5.73 Å². The van der Waals surface area contributed by atoms with Gasteiger partial charge in [-0.3, -0.25) is 4.79 Å². The number of hydrogen-bond donors (Lipinski definition) is 1.